The molecule has 5 rings (SSSR count). The first kappa shape index (κ1) is 23.1. The largest absolute Gasteiger partial charge is 0.497 e. The third kappa shape index (κ3) is 5.22. The number of benzene rings is 3. The normalized spacial score (nSPS) is 13.9. The number of hydrogen-bond acceptors (Lipinski definition) is 5. The van der Waals surface area contributed by atoms with Gasteiger partial charge in [0.05, 0.1) is 7.11 Å². The molecule has 3 aromatic carbocycles. The summed E-state index contributed by atoms with van der Waals surface area (Å²) < 4.78 is 20.9. The Bertz CT molecular complexity index is 1320. The first-order chi connectivity index (χ1) is 17.0. The van der Waals surface area contributed by atoms with Gasteiger partial charge < -0.3 is 10.1 Å². The number of methoxy groups -OCH3 is 1. The van der Waals surface area contributed by atoms with Crippen LogP contribution < -0.4 is 10.1 Å². The molecule has 1 aliphatic carbocycles. The number of aryl methyl sites for hydroxylation is 1. The molecule has 1 heterocycles. The van der Waals surface area contributed by atoms with Crippen LogP contribution in [0.2, 0.25) is 0 Å². The second-order valence-electron chi connectivity index (χ2n) is 8.54. The summed E-state index contributed by atoms with van der Waals surface area (Å²) in [5, 5.41) is 12.0. The highest BCUT2D eigenvalue weighted by Crippen LogP contribution is 2.38. The van der Waals surface area contributed by atoms with Crippen molar-refractivity contribution in [2.24, 2.45) is 0 Å². The van der Waals surface area contributed by atoms with E-state index in [4.69, 9.17) is 4.74 Å². The van der Waals surface area contributed by atoms with E-state index >= 15 is 0 Å². The van der Waals surface area contributed by atoms with E-state index in [-0.39, 0.29) is 17.8 Å². The highest BCUT2D eigenvalue weighted by Gasteiger charge is 2.31. The van der Waals surface area contributed by atoms with Gasteiger partial charge in [-0.15, -0.1) is 10.2 Å². The fraction of sp³-hybridized carbons (Fsp3) is 0.222. The summed E-state index contributed by atoms with van der Waals surface area (Å²) in [5.41, 5.74) is 3.59. The zero-order valence-electron chi connectivity index (χ0n) is 19.4. The molecule has 0 bridgehead atoms. The molecule has 1 atom stereocenters. The van der Waals surface area contributed by atoms with Gasteiger partial charge in [0, 0.05) is 17.3 Å². The van der Waals surface area contributed by atoms with Crippen LogP contribution in [0.1, 0.15) is 29.2 Å². The number of thioether (sulfide) groups is 1. The smallest absolute Gasteiger partial charge is 0.238 e. The fourth-order valence-corrected chi connectivity index (χ4v) is 4.78. The van der Waals surface area contributed by atoms with Crippen LogP contribution in [0.3, 0.4) is 0 Å². The second kappa shape index (κ2) is 9.92. The van der Waals surface area contributed by atoms with E-state index in [1.807, 2.05) is 60.0 Å². The van der Waals surface area contributed by atoms with Crippen molar-refractivity contribution >= 4 is 17.7 Å². The number of amides is 1. The van der Waals surface area contributed by atoms with Crippen molar-refractivity contribution in [3.63, 3.8) is 0 Å². The number of carbonyl (C=O) groups excluding carboxylic acids is 1. The molecule has 4 aromatic rings. The number of aromatic nitrogens is 3. The maximum absolute atomic E-state index is 13.6. The molecule has 1 amide bonds. The number of carbonyl (C=O) groups is 1. The van der Waals surface area contributed by atoms with Crippen molar-refractivity contribution < 1.29 is 13.9 Å². The zero-order valence-corrected chi connectivity index (χ0v) is 20.3. The summed E-state index contributed by atoms with van der Waals surface area (Å²) >= 11 is 1.30. The molecule has 35 heavy (non-hydrogen) atoms. The zero-order chi connectivity index (χ0) is 24.4. The van der Waals surface area contributed by atoms with E-state index in [0.29, 0.717) is 16.5 Å². The predicted octanol–water partition coefficient (Wildman–Crippen LogP) is 5.50. The average molecular weight is 489 g/mol. The van der Waals surface area contributed by atoms with Crippen LogP contribution in [-0.2, 0) is 4.79 Å². The van der Waals surface area contributed by atoms with Gasteiger partial charge in [-0.1, -0.05) is 41.6 Å². The number of nitrogens with zero attached hydrogens (tertiary/aromatic N) is 3. The van der Waals surface area contributed by atoms with Crippen molar-refractivity contribution in [3.8, 4) is 22.8 Å². The summed E-state index contributed by atoms with van der Waals surface area (Å²) in [6.45, 7) is 2.03. The number of nitrogens with one attached hydrogen (secondary N) is 1. The lowest BCUT2D eigenvalue weighted by Crippen LogP contribution is -2.30. The third-order valence-electron chi connectivity index (χ3n) is 5.83. The topological polar surface area (TPSA) is 69.0 Å². The predicted molar refractivity (Wildman–Crippen MR) is 134 cm³/mol. The van der Waals surface area contributed by atoms with Crippen LogP contribution in [-0.4, -0.2) is 33.8 Å². The summed E-state index contributed by atoms with van der Waals surface area (Å²) in [6, 6.07) is 21.9. The van der Waals surface area contributed by atoms with Crippen molar-refractivity contribution in [2.75, 3.05) is 7.11 Å². The van der Waals surface area contributed by atoms with Gasteiger partial charge in [-0.25, -0.2) is 4.39 Å². The first-order valence-corrected chi connectivity index (χ1v) is 12.3. The molecule has 0 saturated heterocycles. The highest BCUT2D eigenvalue weighted by atomic mass is 32.2. The van der Waals surface area contributed by atoms with Gasteiger partial charge in [0.2, 0.25) is 5.91 Å². The Hall–Kier alpha value is -3.65. The Labute approximate surface area is 207 Å². The lowest BCUT2D eigenvalue weighted by atomic mass is 10.1. The van der Waals surface area contributed by atoms with E-state index < -0.39 is 5.25 Å². The Balaban J connectivity index is 1.57. The fourth-order valence-electron chi connectivity index (χ4n) is 3.72. The summed E-state index contributed by atoms with van der Waals surface area (Å²) in [5.74, 6) is 0.940. The first-order valence-electron chi connectivity index (χ1n) is 11.4. The monoisotopic (exact) mass is 488 g/mol. The molecule has 1 fully saturated rings. The molecular formula is C27H25FN4O2S. The lowest BCUT2D eigenvalue weighted by molar-refractivity contribution is -0.120. The number of hydrogen-bond donors (Lipinski definition) is 1. The summed E-state index contributed by atoms with van der Waals surface area (Å²) in [6.07, 6.45) is 1.96. The van der Waals surface area contributed by atoms with Crippen LogP contribution in [0, 0.1) is 12.7 Å². The van der Waals surface area contributed by atoms with Crippen molar-refractivity contribution in [1.29, 1.82) is 0 Å². The molecule has 0 spiro atoms. The van der Waals surface area contributed by atoms with Gasteiger partial charge >= 0.3 is 0 Å². The number of halogens is 1. The van der Waals surface area contributed by atoms with Crippen LogP contribution in [0.25, 0.3) is 17.1 Å². The molecular weight excluding hydrogens is 463 g/mol. The average Bonchev–Trinajstić information content (AvgIpc) is 3.60. The van der Waals surface area contributed by atoms with Crippen molar-refractivity contribution in [3.05, 3.63) is 89.7 Å². The molecule has 1 saturated carbocycles. The van der Waals surface area contributed by atoms with Crippen LogP contribution in [0.15, 0.2) is 78.0 Å². The molecule has 0 aliphatic heterocycles. The Kier molecular flexibility index (Phi) is 6.55. The van der Waals surface area contributed by atoms with Crippen molar-refractivity contribution in [2.45, 2.75) is 36.2 Å². The molecule has 6 nitrogen and oxygen atoms in total. The third-order valence-corrected chi connectivity index (χ3v) is 7.03. The van der Waals surface area contributed by atoms with E-state index in [0.717, 1.165) is 35.4 Å². The molecule has 1 aromatic heterocycles. The van der Waals surface area contributed by atoms with Crippen LogP contribution in [0.4, 0.5) is 4.39 Å². The minimum atomic E-state index is -0.603. The SMILES string of the molecule is COc1ccc(-c2nnc(SC(C(=O)NC3CC3)c3ccc(F)cc3)n2-c2ccc(C)cc2)cc1. The summed E-state index contributed by atoms with van der Waals surface area (Å²) in [7, 11) is 1.63. The maximum atomic E-state index is 13.6. The lowest BCUT2D eigenvalue weighted by Gasteiger charge is -2.18. The molecule has 178 valence electrons. The minimum Gasteiger partial charge on any atom is -0.497 e. The minimum absolute atomic E-state index is 0.117. The number of ether oxygens (including phenoxy) is 1. The highest BCUT2D eigenvalue weighted by molar-refractivity contribution is 8.00. The Morgan fingerprint density at radius 3 is 2.34 bits per heavy atom. The standard InChI is InChI=1S/C27H25FN4O2S/c1-17-3-13-22(14-4-17)32-25(19-7-15-23(34-2)16-8-19)30-31-27(32)35-24(26(33)29-21-11-12-21)18-5-9-20(28)10-6-18/h3-10,13-16,21,24H,11-12H2,1-2H3,(H,29,33). The summed E-state index contributed by atoms with van der Waals surface area (Å²) in [4.78, 5) is 13.2. The van der Waals surface area contributed by atoms with Gasteiger partial charge in [0.1, 0.15) is 16.8 Å². The van der Waals surface area contributed by atoms with Gasteiger partial charge in [0.15, 0.2) is 11.0 Å². The van der Waals surface area contributed by atoms with E-state index in [9.17, 15) is 9.18 Å². The van der Waals surface area contributed by atoms with Crippen LogP contribution in [0.5, 0.6) is 5.75 Å². The molecule has 1 N–H and O–H groups in total. The Morgan fingerprint density at radius 2 is 1.71 bits per heavy atom. The molecule has 0 radical (unpaired) electrons. The second-order valence-corrected chi connectivity index (χ2v) is 9.61. The molecule has 1 aliphatic rings. The van der Waals surface area contributed by atoms with Gasteiger partial charge in [-0.05, 0) is 73.9 Å². The number of rotatable bonds is 8. The van der Waals surface area contributed by atoms with E-state index in [1.165, 1.54) is 23.9 Å². The van der Waals surface area contributed by atoms with Gasteiger partial charge in [0.25, 0.3) is 0 Å². The molecule has 8 heteroatoms. The maximum Gasteiger partial charge on any atom is 0.238 e. The van der Waals surface area contributed by atoms with Crippen molar-refractivity contribution in [1.82, 2.24) is 20.1 Å². The quantitative estimate of drug-likeness (QED) is 0.332. The molecule has 1 unspecified atom stereocenters. The van der Waals surface area contributed by atoms with Gasteiger partial charge in [-0.3, -0.25) is 9.36 Å². The Morgan fingerprint density at radius 1 is 1.03 bits per heavy atom. The van der Waals surface area contributed by atoms with E-state index in [1.54, 1.807) is 19.2 Å². The van der Waals surface area contributed by atoms with Crippen LogP contribution >= 0.6 is 11.8 Å². The van der Waals surface area contributed by atoms with E-state index in [2.05, 4.69) is 15.5 Å². The van der Waals surface area contributed by atoms with Gasteiger partial charge in [-0.2, -0.15) is 0 Å².